The largest absolute Gasteiger partial charge is 0.503 e. The fourth-order valence-electron chi connectivity index (χ4n) is 2.07. The zero-order valence-corrected chi connectivity index (χ0v) is 15.6. The first-order valence-electron chi connectivity index (χ1n) is 7.56. The van der Waals surface area contributed by atoms with Gasteiger partial charge in [0.2, 0.25) is 0 Å². The van der Waals surface area contributed by atoms with Crippen molar-refractivity contribution in [3.63, 3.8) is 0 Å². The third-order valence-corrected chi connectivity index (χ3v) is 4.00. The maximum atomic E-state index is 12.3. The highest BCUT2D eigenvalue weighted by molar-refractivity contribution is 9.10. The molecule has 0 fully saturated rings. The summed E-state index contributed by atoms with van der Waals surface area (Å²) in [6.07, 6.45) is 3.14. The summed E-state index contributed by atoms with van der Waals surface area (Å²) < 4.78 is 16.0. The highest BCUT2D eigenvalue weighted by Crippen LogP contribution is 2.35. The van der Waals surface area contributed by atoms with E-state index in [9.17, 15) is 9.90 Å². The number of rotatable bonds is 8. The lowest BCUT2D eigenvalue weighted by Crippen LogP contribution is -2.04. The molecule has 5 nitrogen and oxygen atoms in total. The molecule has 25 heavy (non-hydrogen) atoms. The normalized spacial score (nSPS) is 10.8. The van der Waals surface area contributed by atoms with E-state index in [1.54, 1.807) is 49.6 Å². The van der Waals surface area contributed by atoms with E-state index in [1.165, 1.54) is 13.2 Å². The van der Waals surface area contributed by atoms with E-state index in [0.29, 0.717) is 34.7 Å². The standard InChI is InChI=1S/C19H19BrO5/c1-23-9-10-25-15-6-4-14(5-7-15)17(21)8-3-13-11-16(20)19(22)18(12-13)24-2/h3-8,11-12,22H,9-10H2,1-2H3/b8-3-. The van der Waals surface area contributed by atoms with E-state index in [-0.39, 0.29) is 11.5 Å². The Labute approximate surface area is 155 Å². The van der Waals surface area contributed by atoms with Gasteiger partial charge in [0.1, 0.15) is 12.4 Å². The number of hydrogen-bond acceptors (Lipinski definition) is 5. The fraction of sp³-hybridized carbons (Fsp3) is 0.211. The summed E-state index contributed by atoms with van der Waals surface area (Å²) in [5.41, 5.74) is 1.29. The smallest absolute Gasteiger partial charge is 0.185 e. The Hall–Kier alpha value is -2.31. The molecule has 6 heteroatoms. The molecule has 2 rings (SSSR count). The molecule has 0 aromatic heterocycles. The summed E-state index contributed by atoms with van der Waals surface area (Å²) in [5, 5.41) is 9.80. The highest BCUT2D eigenvalue weighted by Gasteiger charge is 2.08. The van der Waals surface area contributed by atoms with Gasteiger partial charge in [-0.3, -0.25) is 4.79 Å². The van der Waals surface area contributed by atoms with Gasteiger partial charge in [0, 0.05) is 12.7 Å². The van der Waals surface area contributed by atoms with Crippen LogP contribution in [0.3, 0.4) is 0 Å². The highest BCUT2D eigenvalue weighted by atomic mass is 79.9. The molecule has 2 aromatic rings. The van der Waals surface area contributed by atoms with Crippen molar-refractivity contribution in [3.05, 3.63) is 58.1 Å². The number of aromatic hydroxyl groups is 1. The number of ether oxygens (including phenoxy) is 3. The minimum atomic E-state index is -0.133. The molecule has 0 bridgehead atoms. The van der Waals surface area contributed by atoms with E-state index in [0.717, 1.165) is 5.56 Å². The van der Waals surface area contributed by atoms with E-state index < -0.39 is 0 Å². The molecular weight excluding hydrogens is 388 g/mol. The SMILES string of the molecule is COCCOc1ccc(C(=O)/C=C\c2cc(Br)c(O)c(OC)c2)cc1. The van der Waals surface area contributed by atoms with Crippen LogP contribution >= 0.6 is 15.9 Å². The minimum Gasteiger partial charge on any atom is -0.503 e. The Morgan fingerprint density at radius 2 is 1.88 bits per heavy atom. The molecule has 0 aliphatic carbocycles. The van der Waals surface area contributed by atoms with E-state index in [4.69, 9.17) is 14.2 Å². The van der Waals surface area contributed by atoms with Crippen molar-refractivity contribution in [3.8, 4) is 17.2 Å². The van der Waals surface area contributed by atoms with Gasteiger partial charge in [0.25, 0.3) is 0 Å². The molecule has 0 amide bonds. The second-order valence-electron chi connectivity index (χ2n) is 5.12. The van der Waals surface area contributed by atoms with Crippen LogP contribution in [-0.2, 0) is 4.74 Å². The molecule has 0 spiro atoms. The van der Waals surface area contributed by atoms with Crippen molar-refractivity contribution in [1.29, 1.82) is 0 Å². The van der Waals surface area contributed by atoms with Crippen LogP contribution in [0.2, 0.25) is 0 Å². The zero-order valence-electron chi connectivity index (χ0n) is 14.0. The molecule has 1 N–H and O–H groups in total. The zero-order chi connectivity index (χ0) is 18.2. The molecule has 0 saturated heterocycles. The Morgan fingerprint density at radius 3 is 2.52 bits per heavy atom. The van der Waals surface area contributed by atoms with Crippen LogP contribution in [0.5, 0.6) is 17.2 Å². The number of methoxy groups -OCH3 is 2. The summed E-state index contributed by atoms with van der Waals surface area (Å²) in [6.45, 7) is 0.969. The second-order valence-corrected chi connectivity index (χ2v) is 5.97. The van der Waals surface area contributed by atoms with Crippen LogP contribution < -0.4 is 9.47 Å². The first-order valence-corrected chi connectivity index (χ1v) is 8.35. The molecule has 0 atom stereocenters. The molecular formula is C19H19BrO5. The van der Waals surface area contributed by atoms with Crippen LogP contribution in [0.1, 0.15) is 15.9 Å². The minimum absolute atomic E-state index is 0.0232. The number of ketones is 1. The molecule has 0 unspecified atom stereocenters. The van der Waals surface area contributed by atoms with Gasteiger partial charge in [-0.15, -0.1) is 0 Å². The lowest BCUT2D eigenvalue weighted by molar-refractivity contribution is 0.104. The number of phenolic OH excluding ortho intramolecular Hbond substituents is 1. The van der Waals surface area contributed by atoms with Crippen LogP contribution in [0, 0.1) is 0 Å². The predicted molar refractivity (Wildman–Crippen MR) is 99.5 cm³/mol. The number of phenols is 1. The first kappa shape index (κ1) is 19.0. The van der Waals surface area contributed by atoms with Gasteiger partial charge >= 0.3 is 0 Å². The number of benzene rings is 2. The average molecular weight is 407 g/mol. The number of carbonyl (C=O) groups is 1. The number of halogens is 1. The Balaban J connectivity index is 2.06. The molecule has 2 aromatic carbocycles. The number of allylic oxidation sites excluding steroid dienone is 1. The van der Waals surface area contributed by atoms with Gasteiger partial charge in [-0.1, -0.05) is 6.08 Å². The van der Waals surface area contributed by atoms with Crippen molar-refractivity contribution in [2.75, 3.05) is 27.4 Å². The van der Waals surface area contributed by atoms with Crippen LogP contribution in [0.15, 0.2) is 46.9 Å². The topological polar surface area (TPSA) is 65.0 Å². The van der Waals surface area contributed by atoms with Crippen molar-refractivity contribution in [2.24, 2.45) is 0 Å². The first-order chi connectivity index (χ1) is 12.0. The average Bonchev–Trinajstić information content (AvgIpc) is 2.63. The Morgan fingerprint density at radius 1 is 1.16 bits per heavy atom. The van der Waals surface area contributed by atoms with Gasteiger partial charge in [0.05, 0.1) is 18.2 Å². The summed E-state index contributed by atoms with van der Waals surface area (Å²) in [7, 11) is 3.08. The Bertz CT molecular complexity index is 753. The molecule has 0 radical (unpaired) electrons. The Kier molecular flexibility index (Phi) is 7.03. The summed E-state index contributed by atoms with van der Waals surface area (Å²) in [5.74, 6) is 0.908. The van der Waals surface area contributed by atoms with Crippen molar-refractivity contribution in [1.82, 2.24) is 0 Å². The van der Waals surface area contributed by atoms with Gasteiger partial charge in [-0.2, -0.15) is 0 Å². The molecule has 0 saturated carbocycles. The monoisotopic (exact) mass is 406 g/mol. The second kappa shape index (κ2) is 9.25. The summed E-state index contributed by atoms with van der Waals surface area (Å²) >= 11 is 3.25. The lowest BCUT2D eigenvalue weighted by Gasteiger charge is -2.06. The molecule has 132 valence electrons. The fourth-order valence-corrected chi connectivity index (χ4v) is 2.53. The maximum Gasteiger partial charge on any atom is 0.185 e. The van der Waals surface area contributed by atoms with Crippen LogP contribution in [0.25, 0.3) is 6.08 Å². The number of hydrogen-bond donors (Lipinski definition) is 1. The van der Waals surface area contributed by atoms with Gasteiger partial charge in [-0.05, 0) is 64.0 Å². The molecule has 0 aliphatic rings. The van der Waals surface area contributed by atoms with Crippen LogP contribution in [0.4, 0.5) is 0 Å². The van der Waals surface area contributed by atoms with E-state index in [1.807, 2.05) is 0 Å². The molecule has 0 heterocycles. The quantitative estimate of drug-likeness (QED) is 0.406. The lowest BCUT2D eigenvalue weighted by atomic mass is 10.1. The van der Waals surface area contributed by atoms with E-state index in [2.05, 4.69) is 15.9 Å². The third kappa shape index (κ3) is 5.34. The third-order valence-electron chi connectivity index (χ3n) is 3.39. The summed E-state index contributed by atoms with van der Waals surface area (Å²) in [6, 6.07) is 10.3. The maximum absolute atomic E-state index is 12.3. The number of carbonyl (C=O) groups excluding carboxylic acids is 1. The van der Waals surface area contributed by atoms with Crippen molar-refractivity contribution in [2.45, 2.75) is 0 Å². The molecule has 0 aliphatic heterocycles. The predicted octanol–water partition coefficient (Wildman–Crippen LogP) is 4.08. The van der Waals surface area contributed by atoms with Gasteiger partial charge in [0.15, 0.2) is 17.3 Å². The summed E-state index contributed by atoms with van der Waals surface area (Å²) in [4.78, 5) is 12.3. The van der Waals surface area contributed by atoms with Gasteiger partial charge < -0.3 is 19.3 Å². The van der Waals surface area contributed by atoms with Crippen molar-refractivity contribution < 1.29 is 24.1 Å². The van der Waals surface area contributed by atoms with Crippen molar-refractivity contribution >= 4 is 27.8 Å². The van der Waals surface area contributed by atoms with Crippen LogP contribution in [-0.4, -0.2) is 38.3 Å². The van der Waals surface area contributed by atoms with Gasteiger partial charge in [-0.25, -0.2) is 0 Å². The van der Waals surface area contributed by atoms with E-state index >= 15 is 0 Å².